The molecule has 0 radical (unpaired) electrons. The number of aliphatic carboxylic acids is 4. The Labute approximate surface area is 307 Å². The first-order valence-electron chi connectivity index (χ1n) is 18.0. The van der Waals surface area contributed by atoms with Crippen LogP contribution in [0.4, 0.5) is 0 Å². The van der Waals surface area contributed by atoms with Gasteiger partial charge in [-0.3, -0.25) is 19.2 Å². The van der Waals surface area contributed by atoms with Gasteiger partial charge in [-0.2, -0.15) is 0 Å². The molecule has 284 valence electrons. The van der Waals surface area contributed by atoms with Crippen LogP contribution in [0.15, 0.2) is 22.3 Å². The van der Waals surface area contributed by atoms with Crippen molar-refractivity contribution >= 4 is 48.7 Å². The lowest BCUT2D eigenvalue weighted by atomic mass is 9.80. The number of halogens is 2. The van der Waals surface area contributed by atoms with Crippen LogP contribution in [0, 0.1) is 23.7 Å². The molecule has 12 unspecified atom stereocenters. The summed E-state index contributed by atoms with van der Waals surface area (Å²) in [4.78, 5) is 46.7. The SMILES string of the molecule is CC1=C(CCC(=O)O)C2CC3NC(CC4NC(CC5NC(CC1N2)C(CCC(=O)O)C5C)C(CCC(=O)O)=C4C)C(CCC(=O)O)C3C.Cl.Cl. The Balaban J connectivity index is 0.00000338. The van der Waals surface area contributed by atoms with E-state index in [-0.39, 0.29) is 123 Å². The van der Waals surface area contributed by atoms with Crippen LogP contribution < -0.4 is 21.3 Å². The molecule has 0 saturated carbocycles. The van der Waals surface area contributed by atoms with E-state index in [1.165, 1.54) is 11.1 Å². The number of carboxylic acids is 4. The first-order chi connectivity index (χ1) is 22.7. The third-order valence-corrected chi connectivity index (χ3v) is 12.8. The van der Waals surface area contributed by atoms with Crippen molar-refractivity contribution in [3.63, 3.8) is 0 Å². The van der Waals surface area contributed by atoms with Gasteiger partial charge in [-0.05, 0) is 88.9 Å². The predicted molar refractivity (Wildman–Crippen MR) is 194 cm³/mol. The highest BCUT2D eigenvalue weighted by atomic mass is 35.5. The average molecular weight is 746 g/mol. The van der Waals surface area contributed by atoms with E-state index >= 15 is 0 Å². The molecule has 12 atom stereocenters. The first-order valence-corrected chi connectivity index (χ1v) is 18.0. The van der Waals surface area contributed by atoms with E-state index in [0.717, 1.165) is 36.8 Å². The number of rotatable bonds is 12. The number of hydrogen-bond acceptors (Lipinski definition) is 8. The summed E-state index contributed by atoms with van der Waals surface area (Å²) in [5.41, 5.74) is 4.66. The third-order valence-electron chi connectivity index (χ3n) is 12.8. The first kappa shape index (κ1) is 42.2. The standard InChI is InChI=1S/C36H56N4O8.2ClH/c1-17-21(5-9-33(41)42)29-14-26-19(3)23(7-11-35(45)46)31(39-26)16-28-20(4)24(8-12-36(47)48)32(40-28)15-27-18(2)22(6-10-34(43)44)30(38-27)13-25(17)37-29;;/h17,20-21,24-32,37-40H,5-16H2,1-4H3,(H,41,42)(H,43,44)(H,45,46)(H,47,48);2*1H. The fraction of sp³-hybridized carbons (Fsp3) is 0.778. The van der Waals surface area contributed by atoms with Crippen LogP contribution in [-0.2, 0) is 19.2 Å². The largest absolute Gasteiger partial charge is 0.481 e. The minimum absolute atomic E-state index is 0. The van der Waals surface area contributed by atoms with Crippen LogP contribution >= 0.6 is 24.8 Å². The molecule has 0 aromatic rings. The zero-order chi connectivity index (χ0) is 34.9. The Kier molecular flexibility index (Phi) is 15.2. The second-order valence-corrected chi connectivity index (χ2v) is 15.4. The van der Waals surface area contributed by atoms with E-state index in [4.69, 9.17) is 0 Å². The Morgan fingerprint density at radius 2 is 0.840 bits per heavy atom. The van der Waals surface area contributed by atoms with E-state index < -0.39 is 23.9 Å². The van der Waals surface area contributed by atoms with Gasteiger partial charge in [-0.25, -0.2) is 0 Å². The Morgan fingerprint density at radius 1 is 0.520 bits per heavy atom. The van der Waals surface area contributed by atoms with Gasteiger partial charge >= 0.3 is 23.9 Å². The Bertz CT molecular complexity index is 1230. The monoisotopic (exact) mass is 744 g/mol. The summed E-state index contributed by atoms with van der Waals surface area (Å²) in [5, 5.41) is 54.0. The molecule has 0 aromatic heterocycles. The Hall–Kier alpha value is -2.22. The quantitative estimate of drug-likeness (QED) is 0.132. The van der Waals surface area contributed by atoms with E-state index in [1.54, 1.807) is 0 Å². The number of fused-ring (bicyclic) bond motifs is 8. The average Bonchev–Trinajstić information content (AvgIpc) is 3.66. The van der Waals surface area contributed by atoms with Crippen molar-refractivity contribution in [2.45, 2.75) is 153 Å². The molecule has 5 rings (SSSR count). The zero-order valence-corrected chi connectivity index (χ0v) is 31.3. The molecule has 5 aliphatic rings. The lowest BCUT2D eigenvalue weighted by Gasteiger charge is -2.27. The molecule has 0 spiro atoms. The summed E-state index contributed by atoms with van der Waals surface area (Å²) in [6.07, 6.45) is 5.46. The van der Waals surface area contributed by atoms with Gasteiger partial charge < -0.3 is 41.7 Å². The molecule has 14 heteroatoms. The van der Waals surface area contributed by atoms with E-state index in [0.29, 0.717) is 25.7 Å². The van der Waals surface area contributed by atoms with Crippen molar-refractivity contribution in [1.82, 2.24) is 21.3 Å². The highest BCUT2D eigenvalue weighted by Crippen LogP contribution is 2.43. The summed E-state index contributed by atoms with van der Waals surface area (Å²) in [7, 11) is 0. The van der Waals surface area contributed by atoms with Gasteiger partial charge in [0.05, 0.1) is 0 Å². The van der Waals surface area contributed by atoms with Gasteiger partial charge in [0.25, 0.3) is 0 Å². The van der Waals surface area contributed by atoms with Gasteiger partial charge in [-0.15, -0.1) is 24.8 Å². The minimum atomic E-state index is -0.825. The van der Waals surface area contributed by atoms with Gasteiger partial charge in [0.1, 0.15) is 0 Å². The molecule has 3 fully saturated rings. The van der Waals surface area contributed by atoms with Gasteiger partial charge in [0.15, 0.2) is 0 Å². The lowest BCUT2D eigenvalue weighted by molar-refractivity contribution is -0.138. The number of carbonyl (C=O) groups is 4. The van der Waals surface area contributed by atoms with Crippen molar-refractivity contribution < 1.29 is 39.6 Å². The zero-order valence-electron chi connectivity index (χ0n) is 29.7. The van der Waals surface area contributed by atoms with Gasteiger partial charge in [0, 0.05) is 74.0 Å². The number of nitrogens with one attached hydrogen (secondary N) is 4. The summed E-state index contributed by atoms with van der Waals surface area (Å²) >= 11 is 0. The summed E-state index contributed by atoms with van der Waals surface area (Å²) in [6, 6.07) is 0.397. The smallest absolute Gasteiger partial charge is 0.303 e. The molecule has 0 amide bonds. The van der Waals surface area contributed by atoms with Crippen molar-refractivity contribution in [2.24, 2.45) is 23.7 Å². The molecule has 5 aliphatic heterocycles. The minimum Gasteiger partial charge on any atom is -0.481 e. The molecule has 8 bridgehead atoms. The van der Waals surface area contributed by atoms with Crippen molar-refractivity contribution in [3.8, 4) is 0 Å². The summed E-state index contributed by atoms with van der Waals surface area (Å²) in [5.74, 6) is -2.55. The number of hydrogen-bond donors (Lipinski definition) is 8. The molecular formula is C36H58Cl2N4O8. The van der Waals surface area contributed by atoms with Gasteiger partial charge in [-0.1, -0.05) is 36.1 Å². The highest BCUT2D eigenvalue weighted by molar-refractivity contribution is 5.85. The maximum Gasteiger partial charge on any atom is 0.303 e. The van der Waals surface area contributed by atoms with Gasteiger partial charge in [0.2, 0.25) is 0 Å². The molecule has 3 saturated heterocycles. The van der Waals surface area contributed by atoms with E-state index in [2.05, 4.69) is 49.0 Å². The molecule has 50 heavy (non-hydrogen) atoms. The molecule has 0 aromatic carbocycles. The lowest BCUT2D eigenvalue weighted by Crippen LogP contribution is -2.46. The van der Waals surface area contributed by atoms with Crippen LogP contribution in [0.5, 0.6) is 0 Å². The second kappa shape index (κ2) is 18.0. The maximum absolute atomic E-state index is 11.7. The molecule has 12 nitrogen and oxygen atoms in total. The second-order valence-electron chi connectivity index (χ2n) is 15.4. The van der Waals surface area contributed by atoms with Crippen LogP contribution in [0.1, 0.15) is 105 Å². The predicted octanol–water partition coefficient (Wildman–Crippen LogP) is 4.36. The fourth-order valence-corrected chi connectivity index (χ4v) is 10.1. The third kappa shape index (κ3) is 9.60. The van der Waals surface area contributed by atoms with Crippen LogP contribution in [0.3, 0.4) is 0 Å². The van der Waals surface area contributed by atoms with Crippen molar-refractivity contribution in [1.29, 1.82) is 0 Å². The van der Waals surface area contributed by atoms with Crippen LogP contribution in [-0.4, -0.2) is 92.6 Å². The molecule has 0 aliphatic carbocycles. The fourth-order valence-electron chi connectivity index (χ4n) is 10.1. The van der Waals surface area contributed by atoms with Crippen LogP contribution in [0.25, 0.3) is 0 Å². The molecular weight excluding hydrogens is 687 g/mol. The van der Waals surface area contributed by atoms with Crippen molar-refractivity contribution in [2.75, 3.05) is 0 Å². The van der Waals surface area contributed by atoms with Crippen molar-refractivity contribution in [3.05, 3.63) is 22.3 Å². The topological polar surface area (TPSA) is 197 Å². The van der Waals surface area contributed by atoms with E-state index in [9.17, 15) is 39.6 Å². The van der Waals surface area contributed by atoms with Crippen LogP contribution in [0.2, 0.25) is 0 Å². The van der Waals surface area contributed by atoms with E-state index in [1.807, 2.05) is 0 Å². The summed E-state index contributed by atoms with van der Waals surface area (Å²) < 4.78 is 0. The molecule has 5 heterocycles. The number of carboxylic acid groups (broad SMARTS) is 4. The molecule has 8 N–H and O–H groups in total. The summed E-state index contributed by atoms with van der Waals surface area (Å²) in [6.45, 7) is 8.64. The highest BCUT2D eigenvalue weighted by Gasteiger charge is 2.48. The maximum atomic E-state index is 11.7. The Morgan fingerprint density at radius 3 is 1.16 bits per heavy atom. The normalized spacial score (nSPS) is 36.6.